The summed E-state index contributed by atoms with van der Waals surface area (Å²) in [6, 6.07) is 0. The van der Waals surface area contributed by atoms with Crippen molar-refractivity contribution in [3.63, 3.8) is 0 Å². The highest BCUT2D eigenvalue weighted by Gasteiger charge is 2.08. The normalized spacial score (nSPS) is 11.4. The molecule has 0 amide bonds. The summed E-state index contributed by atoms with van der Waals surface area (Å²) < 4.78 is 4.48. The van der Waals surface area contributed by atoms with Crippen LogP contribution in [-0.2, 0) is 14.3 Å². The first-order chi connectivity index (χ1) is 11.7. The van der Waals surface area contributed by atoms with Crippen LogP contribution in [0.1, 0.15) is 90.4 Å². The van der Waals surface area contributed by atoms with Crippen LogP contribution in [0.3, 0.4) is 0 Å². The second kappa shape index (κ2) is 18.0. The van der Waals surface area contributed by atoms with Crippen LogP contribution in [0, 0.1) is 0 Å². The third-order valence-corrected chi connectivity index (χ3v) is 3.98. The van der Waals surface area contributed by atoms with Gasteiger partial charge in [-0.3, -0.25) is 9.59 Å². The molecule has 0 aromatic heterocycles. The van der Waals surface area contributed by atoms with Crippen LogP contribution in [0.2, 0.25) is 0 Å². The SMILES string of the molecule is CCCCC/C=C\C/C=C\CCCCCCCC(=O)CC(=O)OC. The molecule has 138 valence electrons. The molecular weight excluding hydrogens is 300 g/mol. The molecule has 0 aromatic carbocycles. The summed E-state index contributed by atoms with van der Waals surface area (Å²) in [6.45, 7) is 2.23. The average molecular weight is 337 g/mol. The van der Waals surface area contributed by atoms with Crippen molar-refractivity contribution >= 4 is 11.8 Å². The minimum absolute atomic E-state index is 0.00691. The van der Waals surface area contributed by atoms with Crippen molar-refractivity contribution in [1.82, 2.24) is 0 Å². The smallest absolute Gasteiger partial charge is 0.313 e. The van der Waals surface area contributed by atoms with Crippen molar-refractivity contribution in [3.8, 4) is 0 Å². The van der Waals surface area contributed by atoms with Gasteiger partial charge in [-0.05, 0) is 38.5 Å². The monoisotopic (exact) mass is 336 g/mol. The minimum atomic E-state index is -0.428. The summed E-state index contributed by atoms with van der Waals surface area (Å²) in [5.41, 5.74) is 0. The average Bonchev–Trinajstić information content (AvgIpc) is 2.58. The molecule has 3 nitrogen and oxygen atoms in total. The van der Waals surface area contributed by atoms with Crippen molar-refractivity contribution in [2.24, 2.45) is 0 Å². The third-order valence-electron chi connectivity index (χ3n) is 3.98. The first-order valence-corrected chi connectivity index (χ1v) is 9.59. The topological polar surface area (TPSA) is 43.4 Å². The Balaban J connectivity index is 3.31. The number of Topliss-reactive ketones (excluding diaryl/α,β-unsaturated/α-hetero) is 1. The molecule has 0 fully saturated rings. The lowest BCUT2D eigenvalue weighted by Gasteiger charge is -2.01. The van der Waals surface area contributed by atoms with Gasteiger partial charge in [-0.2, -0.15) is 0 Å². The molecule has 0 spiro atoms. The highest BCUT2D eigenvalue weighted by molar-refractivity contribution is 5.95. The largest absolute Gasteiger partial charge is 0.469 e. The van der Waals surface area contributed by atoms with E-state index in [2.05, 4.69) is 36.0 Å². The highest BCUT2D eigenvalue weighted by Crippen LogP contribution is 2.09. The maximum Gasteiger partial charge on any atom is 0.313 e. The van der Waals surface area contributed by atoms with Crippen LogP contribution in [0.4, 0.5) is 0 Å². The summed E-state index contributed by atoms with van der Waals surface area (Å²) >= 11 is 0. The Morgan fingerprint density at radius 3 is 2.00 bits per heavy atom. The van der Waals surface area contributed by atoms with E-state index in [0.717, 1.165) is 32.1 Å². The van der Waals surface area contributed by atoms with Gasteiger partial charge in [-0.1, -0.05) is 63.3 Å². The summed E-state index contributed by atoms with van der Waals surface area (Å²) in [6.07, 6.45) is 22.4. The maximum absolute atomic E-state index is 11.4. The Morgan fingerprint density at radius 2 is 1.38 bits per heavy atom. The molecule has 0 saturated heterocycles. The third kappa shape index (κ3) is 17.0. The molecule has 3 heteroatoms. The number of rotatable bonds is 16. The molecule has 0 aliphatic carbocycles. The number of methoxy groups -OCH3 is 1. The fourth-order valence-electron chi connectivity index (χ4n) is 2.46. The van der Waals surface area contributed by atoms with E-state index in [1.54, 1.807) is 0 Å². The van der Waals surface area contributed by atoms with E-state index in [4.69, 9.17) is 0 Å². The molecule has 0 saturated carbocycles. The second-order valence-corrected chi connectivity index (χ2v) is 6.27. The molecule has 0 aliphatic heterocycles. The number of esters is 1. The number of ether oxygens (including phenoxy) is 1. The molecule has 0 aromatic rings. The number of hydrogen-bond acceptors (Lipinski definition) is 3. The zero-order valence-electron chi connectivity index (χ0n) is 15.7. The Hall–Kier alpha value is -1.38. The summed E-state index contributed by atoms with van der Waals surface area (Å²) in [5, 5.41) is 0. The van der Waals surface area contributed by atoms with Crippen molar-refractivity contribution in [2.45, 2.75) is 90.4 Å². The van der Waals surface area contributed by atoms with Gasteiger partial charge in [-0.15, -0.1) is 0 Å². The van der Waals surface area contributed by atoms with Crippen molar-refractivity contribution < 1.29 is 14.3 Å². The molecule has 0 atom stereocenters. The van der Waals surface area contributed by atoms with Crippen molar-refractivity contribution in [3.05, 3.63) is 24.3 Å². The van der Waals surface area contributed by atoms with Gasteiger partial charge in [0.15, 0.2) is 0 Å². The van der Waals surface area contributed by atoms with Gasteiger partial charge in [0, 0.05) is 6.42 Å². The van der Waals surface area contributed by atoms with Gasteiger partial charge in [-0.25, -0.2) is 0 Å². The molecule has 0 N–H and O–H groups in total. The Bertz CT molecular complexity index is 369. The van der Waals surface area contributed by atoms with Gasteiger partial charge >= 0.3 is 5.97 Å². The van der Waals surface area contributed by atoms with Crippen LogP contribution in [0.25, 0.3) is 0 Å². The van der Waals surface area contributed by atoms with Crippen LogP contribution < -0.4 is 0 Å². The molecule has 24 heavy (non-hydrogen) atoms. The molecule has 0 aliphatic rings. The van der Waals surface area contributed by atoms with E-state index >= 15 is 0 Å². The van der Waals surface area contributed by atoms with E-state index in [-0.39, 0.29) is 12.2 Å². The van der Waals surface area contributed by atoms with Gasteiger partial charge < -0.3 is 4.74 Å². The summed E-state index contributed by atoms with van der Waals surface area (Å²) in [4.78, 5) is 22.4. The number of ketones is 1. The van der Waals surface area contributed by atoms with Gasteiger partial charge in [0.05, 0.1) is 7.11 Å². The first-order valence-electron chi connectivity index (χ1n) is 9.59. The minimum Gasteiger partial charge on any atom is -0.469 e. The fourth-order valence-corrected chi connectivity index (χ4v) is 2.46. The zero-order valence-corrected chi connectivity index (χ0v) is 15.7. The molecule has 0 bridgehead atoms. The standard InChI is InChI=1S/C21H36O3/c1-3-4-5-6-7-8-9-10-11-12-13-14-15-16-17-18-20(22)19-21(23)24-2/h7-8,10-11H,3-6,9,12-19H2,1-2H3/b8-7-,11-10-. The number of carbonyl (C=O) groups is 2. The van der Waals surface area contributed by atoms with Crippen molar-refractivity contribution in [1.29, 1.82) is 0 Å². The van der Waals surface area contributed by atoms with Gasteiger partial charge in [0.25, 0.3) is 0 Å². The van der Waals surface area contributed by atoms with E-state index in [0.29, 0.717) is 6.42 Å². The molecule has 0 rings (SSSR count). The lowest BCUT2D eigenvalue weighted by atomic mass is 10.1. The quantitative estimate of drug-likeness (QED) is 0.152. The van der Waals surface area contributed by atoms with E-state index in [1.807, 2.05) is 0 Å². The lowest BCUT2D eigenvalue weighted by Crippen LogP contribution is -2.08. The number of carbonyl (C=O) groups excluding carboxylic acids is 2. The molecule has 0 heterocycles. The van der Waals surface area contributed by atoms with Crippen LogP contribution in [0.5, 0.6) is 0 Å². The van der Waals surface area contributed by atoms with Crippen LogP contribution >= 0.6 is 0 Å². The maximum atomic E-state index is 11.4. The van der Waals surface area contributed by atoms with Crippen molar-refractivity contribution in [2.75, 3.05) is 7.11 Å². The number of hydrogen-bond donors (Lipinski definition) is 0. The summed E-state index contributed by atoms with van der Waals surface area (Å²) in [5.74, 6) is -0.435. The predicted molar refractivity (Wildman–Crippen MR) is 101 cm³/mol. The van der Waals surface area contributed by atoms with Crippen LogP contribution in [-0.4, -0.2) is 18.9 Å². The molecule has 0 unspecified atom stereocenters. The predicted octanol–water partition coefficient (Wildman–Crippen LogP) is 5.93. The molecular formula is C21H36O3. The Kier molecular flexibility index (Phi) is 16.9. The Morgan fingerprint density at radius 1 is 0.792 bits per heavy atom. The first kappa shape index (κ1) is 22.6. The number of unbranched alkanes of at least 4 members (excludes halogenated alkanes) is 8. The van der Waals surface area contributed by atoms with E-state index < -0.39 is 5.97 Å². The van der Waals surface area contributed by atoms with Gasteiger partial charge in [0.2, 0.25) is 0 Å². The number of allylic oxidation sites excluding steroid dienone is 4. The van der Waals surface area contributed by atoms with Crippen LogP contribution in [0.15, 0.2) is 24.3 Å². The lowest BCUT2D eigenvalue weighted by molar-refractivity contribution is -0.143. The van der Waals surface area contributed by atoms with E-state index in [9.17, 15) is 9.59 Å². The Labute approximate surface area is 148 Å². The second-order valence-electron chi connectivity index (χ2n) is 6.27. The highest BCUT2D eigenvalue weighted by atomic mass is 16.5. The molecule has 0 radical (unpaired) electrons. The van der Waals surface area contributed by atoms with Gasteiger partial charge in [0.1, 0.15) is 12.2 Å². The zero-order chi connectivity index (χ0) is 17.9. The summed E-state index contributed by atoms with van der Waals surface area (Å²) in [7, 11) is 1.31. The van der Waals surface area contributed by atoms with E-state index in [1.165, 1.54) is 45.6 Å². The fraction of sp³-hybridized carbons (Fsp3) is 0.714.